The summed E-state index contributed by atoms with van der Waals surface area (Å²) in [6, 6.07) is 4.96. The van der Waals surface area contributed by atoms with Crippen molar-refractivity contribution in [2.75, 3.05) is 18.5 Å². The highest BCUT2D eigenvalue weighted by Gasteiger charge is 2.48. The molecule has 3 N–H and O–H groups in total. The molecule has 1 aromatic carbocycles. The fourth-order valence-electron chi connectivity index (χ4n) is 4.94. The van der Waals surface area contributed by atoms with Crippen LogP contribution < -0.4 is 16.0 Å². The van der Waals surface area contributed by atoms with Crippen LogP contribution in [0.25, 0.3) is 0 Å². The molecule has 2 atom stereocenters. The van der Waals surface area contributed by atoms with Crippen LogP contribution in [-0.2, 0) is 9.59 Å². The van der Waals surface area contributed by atoms with E-state index in [0.29, 0.717) is 23.1 Å². The average molecular weight is 516 g/mol. The summed E-state index contributed by atoms with van der Waals surface area (Å²) in [5.41, 5.74) is 0.753. The lowest BCUT2D eigenvalue weighted by atomic mass is 9.88. The van der Waals surface area contributed by atoms with Crippen molar-refractivity contribution in [2.24, 2.45) is 17.8 Å². The molecule has 0 unspecified atom stereocenters. The van der Waals surface area contributed by atoms with E-state index in [1.165, 1.54) is 12.1 Å². The van der Waals surface area contributed by atoms with Crippen LogP contribution in [-0.4, -0.2) is 46.8 Å². The Morgan fingerprint density at radius 1 is 1.05 bits per heavy atom. The molecular formula is C27H35F2N5O3. The zero-order valence-electron chi connectivity index (χ0n) is 21.5. The van der Waals surface area contributed by atoms with Crippen molar-refractivity contribution in [3.05, 3.63) is 47.5 Å². The molecule has 1 heterocycles. The van der Waals surface area contributed by atoms with Gasteiger partial charge in [-0.15, -0.1) is 0 Å². The molecule has 2 fully saturated rings. The van der Waals surface area contributed by atoms with Crippen LogP contribution in [0.2, 0.25) is 0 Å². The zero-order chi connectivity index (χ0) is 26.7. The summed E-state index contributed by atoms with van der Waals surface area (Å²) in [5.74, 6) is -1.93. The zero-order valence-corrected chi connectivity index (χ0v) is 21.5. The molecule has 0 aliphatic heterocycles. The minimum absolute atomic E-state index is 0.0130. The van der Waals surface area contributed by atoms with Gasteiger partial charge in [0.15, 0.2) is 0 Å². The van der Waals surface area contributed by atoms with Gasteiger partial charge in [0, 0.05) is 18.8 Å². The minimum atomic E-state index is -0.813. The Kier molecular flexibility index (Phi) is 8.24. The third-order valence-electron chi connectivity index (χ3n) is 7.22. The maximum absolute atomic E-state index is 15.0. The predicted octanol–water partition coefficient (Wildman–Crippen LogP) is 3.97. The van der Waals surface area contributed by atoms with Gasteiger partial charge in [-0.1, -0.05) is 6.07 Å². The summed E-state index contributed by atoms with van der Waals surface area (Å²) in [6.07, 6.45) is 5.59. The lowest BCUT2D eigenvalue weighted by molar-refractivity contribution is -0.122. The second-order valence-electron chi connectivity index (χ2n) is 10.4. The van der Waals surface area contributed by atoms with Gasteiger partial charge in [0.05, 0.1) is 11.6 Å². The van der Waals surface area contributed by atoms with Crippen molar-refractivity contribution in [1.29, 1.82) is 0 Å². The van der Waals surface area contributed by atoms with Crippen molar-refractivity contribution < 1.29 is 23.2 Å². The summed E-state index contributed by atoms with van der Waals surface area (Å²) in [4.78, 5) is 38.9. The number of carbonyl (C=O) groups excluding carboxylic acids is 3. The third-order valence-corrected chi connectivity index (χ3v) is 7.22. The van der Waals surface area contributed by atoms with Crippen LogP contribution in [0.5, 0.6) is 0 Å². The van der Waals surface area contributed by atoms with E-state index in [9.17, 15) is 18.8 Å². The molecule has 200 valence electrons. The van der Waals surface area contributed by atoms with Crippen LogP contribution in [0.3, 0.4) is 0 Å². The Morgan fingerprint density at radius 3 is 2.30 bits per heavy atom. The molecule has 1 aromatic heterocycles. The van der Waals surface area contributed by atoms with Gasteiger partial charge in [-0.25, -0.2) is 8.78 Å². The maximum Gasteiger partial charge on any atom is 0.270 e. The highest BCUT2D eigenvalue weighted by Crippen LogP contribution is 2.51. The van der Waals surface area contributed by atoms with E-state index in [4.69, 9.17) is 0 Å². The number of alkyl halides is 1. The first kappa shape index (κ1) is 26.8. The van der Waals surface area contributed by atoms with Crippen LogP contribution in [0, 0.1) is 23.6 Å². The molecule has 2 saturated carbocycles. The van der Waals surface area contributed by atoms with Crippen molar-refractivity contribution in [1.82, 2.24) is 20.4 Å². The third kappa shape index (κ3) is 6.34. The molecule has 4 rings (SSSR count). The Balaban J connectivity index is 1.52. The summed E-state index contributed by atoms with van der Waals surface area (Å²) >= 11 is 0. The van der Waals surface area contributed by atoms with Crippen LogP contribution in [0.1, 0.15) is 74.5 Å². The van der Waals surface area contributed by atoms with E-state index in [-0.39, 0.29) is 30.1 Å². The van der Waals surface area contributed by atoms with Crippen molar-refractivity contribution in [3.63, 3.8) is 0 Å². The summed E-state index contributed by atoms with van der Waals surface area (Å²) in [7, 11) is 0. The average Bonchev–Trinajstić information content (AvgIpc) is 3.82. The molecule has 10 heteroatoms. The van der Waals surface area contributed by atoms with Gasteiger partial charge >= 0.3 is 0 Å². The predicted molar refractivity (Wildman–Crippen MR) is 135 cm³/mol. The Bertz CT molecular complexity index is 1130. The van der Waals surface area contributed by atoms with Crippen LogP contribution in [0.4, 0.5) is 14.5 Å². The van der Waals surface area contributed by atoms with E-state index in [1.54, 1.807) is 29.9 Å². The molecule has 2 aliphatic rings. The van der Waals surface area contributed by atoms with Gasteiger partial charge in [-0.05, 0) is 88.0 Å². The quantitative estimate of drug-likeness (QED) is 0.398. The standard InChI is InChI=1S/C27H35F2N5O3/c1-15(2)34-22(10-12-31-34)26(36)33-24(23(17-4-5-17)18-6-7-18)27(37)32-21-9-8-19(14-20(21)29)16(3)25(35)30-13-11-28/h8-10,12,14-18,23-24H,4-7,11,13H2,1-3H3,(H,30,35)(H,32,37)(H,33,36)/t16-,24-/m0/s1. The lowest BCUT2D eigenvalue weighted by Gasteiger charge is -2.28. The molecule has 0 saturated heterocycles. The molecular weight excluding hydrogens is 480 g/mol. The fraction of sp³-hybridized carbons (Fsp3) is 0.556. The van der Waals surface area contributed by atoms with E-state index in [1.807, 2.05) is 13.8 Å². The number of aromatic nitrogens is 2. The number of hydrogen-bond donors (Lipinski definition) is 3. The van der Waals surface area contributed by atoms with Crippen LogP contribution in [0.15, 0.2) is 30.5 Å². The molecule has 0 spiro atoms. The van der Waals surface area contributed by atoms with Gasteiger partial charge in [0.1, 0.15) is 24.2 Å². The number of nitrogens with zero attached hydrogens (tertiary/aromatic N) is 2. The second-order valence-corrected chi connectivity index (χ2v) is 10.4. The maximum atomic E-state index is 15.0. The normalized spacial score (nSPS) is 16.9. The SMILES string of the molecule is CC(C)n1nccc1C(=O)N[C@H](C(=O)Nc1ccc([C@H](C)C(=O)NCCF)cc1F)C(C1CC1)C1CC1. The Hall–Kier alpha value is -3.30. The number of nitrogens with one attached hydrogen (secondary N) is 3. The molecule has 8 nitrogen and oxygen atoms in total. The van der Waals surface area contributed by atoms with Gasteiger partial charge in [-0.2, -0.15) is 5.10 Å². The number of hydrogen-bond acceptors (Lipinski definition) is 4. The van der Waals surface area contributed by atoms with Crippen molar-refractivity contribution in [2.45, 2.75) is 64.5 Å². The molecule has 2 aromatic rings. The number of amides is 3. The van der Waals surface area contributed by atoms with Gasteiger partial charge in [-0.3, -0.25) is 19.1 Å². The van der Waals surface area contributed by atoms with E-state index >= 15 is 4.39 Å². The van der Waals surface area contributed by atoms with Gasteiger partial charge in [0.2, 0.25) is 11.8 Å². The Labute approximate surface area is 215 Å². The first-order chi connectivity index (χ1) is 17.7. The second kappa shape index (κ2) is 11.4. The van der Waals surface area contributed by atoms with Gasteiger partial charge in [0.25, 0.3) is 5.91 Å². The minimum Gasteiger partial charge on any atom is -0.353 e. The van der Waals surface area contributed by atoms with E-state index in [0.717, 1.165) is 25.7 Å². The fourth-order valence-corrected chi connectivity index (χ4v) is 4.94. The largest absolute Gasteiger partial charge is 0.353 e. The van der Waals surface area contributed by atoms with Crippen LogP contribution >= 0.6 is 0 Å². The van der Waals surface area contributed by atoms with Crippen molar-refractivity contribution >= 4 is 23.4 Å². The lowest BCUT2D eigenvalue weighted by Crippen LogP contribution is -2.50. The van der Waals surface area contributed by atoms with E-state index in [2.05, 4.69) is 21.0 Å². The summed E-state index contributed by atoms with van der Waals surface area (Å²) in [5, 5.41) is 12.3. The number of rotatable bonds is 12. The molecule has 0 bridgehead atoms. The summed E-state index contributed by atoms with van der Waals surface area (Å²) in [6.45, 7) is 4.65. The highest BCUT2D eigenvalue weighted by molar-refractivity contribution is 6.01. The highest BCUT2D eigenvalue weighted by atomic mass is 19.1. The molecule has 2 aliphatic carbocycles. The topological polar surface area (TPSA) is 105 Å². The first-order valence-electron chi connectivity index (χ1n) is 13.0. The van der Waals surface area contributed by atoms with E-state index < -0.39 is 36.3 Å². The van der Waals surface area contributed by atoms with Gasteiger partial charge < -0.3 is 16.0 Å². The van der Waals surface area contributed by atoms with Crippen molar-refractivity contribution in [3.8, 4) is 0 Å². The monoisotopic (exact) mass is 515 g/mol. The molecule has 3 amide bonds. The smallest absolute Gasteiger partial charge is 0.270 e. The number of benzene rings is 1. The number of halogens is 2. The molecule has 0 radical (unpaired) electrons. The number of carbonyl (C=O) groups is 3. The summed E-state index contributed by atoms with van der Waals surface area (Å²) < 4.78 is 29.0. The first-order valence-corrected chi connectivity index (χ1v) is 13.0. The Morgan fingerprint density at radius 2 is 1.73 bits per heavy atom. The molecule has 37 heavy (non-hydrogen) atoms. The number of anilines is 1.